The van der Waals surface area contributed by atoms with Crippen molar-refractivity contribution in [3.05, 3.63) is 53.6 Å². The molecule has 0 saturated carbocycles. The molecule has 168 valence electrons. The molecule has 31 heavy (non-hydrogen) atoms. The molecular weight excluding hydrogens is 392 g/mol. The Labute approximate surface area is 185 Å². The second-order valence-corrected chi connectivity index (χ2v) is 7.48. The zero-order chi connectivity index (χ0) is 22.1. The lowest BCUT2D eigenvalue weighted by molar-refractivity contribution is 0.133. The van der Waals surface area contributed by atoms with Crippen molar-refractivity contribution in [2.45, 2.75) is 32.5 Å². The molecule has 0 radical (unpaired) electrons. The molecule has 3 rings (SSSR count). The molecule has 2 aromatic carbocycles. The Bertz CT molecular complexity index is 849. The Morgan fingerprint density at radius 1 is 1.10 bits per heavy atom. The third-order valence-corrected chi connectivity index (χ3v) is 5.48. The molecule has 0 amide bonds. The van der Waals surface area contributed by atoms with E-state index in [0.717, 1.165) is 42.7 Å². The van der Waals surface area contributed by atoms with Crippen molar-refractivity contribution in [3.63, 3.8) is 0 Å². The lowest BCUT2D eigenvalue weighted by Crippen LogP contribution is -2.44. The predicted octanol–water partition coefficient (Wildman–Crippen LogP) is 3.18. The number of anilines is 1. The van der Waals surface area contributed by atoms with Crippen molar-refractivity contribution >= 4 is 11.6 Å². The molecule has 1 saturated heterocycles. The molecule has 1 heterocycles. The third-order valence-electron chi connectivity index (χ3n) is 5.48. The van der Waals surface area contributed by atoms with Crippen LogP contribution >= 0.6 is 0 Å². The van der Waals surface area contributed by atoms with Gasteiger partial charge >= 0.3 is 0 Å². The molecule has 0 spiro atoms. The average molecular weight is 427 g/mol. The first-order chi connectivity index (χ1) is 15.2. The second-order valence-electron chi connectivity index (χ2n) is 7.48. The van der Waals surface area contributed by atoms with Crippen LogP contribution in [0.1, 0.15) is 24.5 Å². The van der Waals surface area contributed by atoms with E-state index in [-0.39, 0.29) is 0 Å². The molecule has 1 aliphatic rings. The number of nitrogens with one attached hydrogen (secondary N) is 2. The number of guanidine groups is 1. The minimum absolute atomic E-state index is 0.307. The predicted molar refractivity (Wildman–Crippen MR) is 125 cm³/mol. The van der Waals surface area contributed by atoms with E-state index in [1.54, 1.807) is 21.3 Å². The van der Waals surface area contributed by atoms with Crippen LogP contribution < -0.4 is 25.0 Å². The molecule has 2 N–H and O–H groups in total. The van der Waals surface area contributed by atoms with Crippen molar-refractivity contribution in [2.75, 3.05) is 45.9 Å². The van der Waals surface area contributed by atoms with Gasteiger partial charge in [-0.1, -0.05) is 24.3 Å². The smallest absolute Gasteiger partial charge is 0.191 e. The third kappa shape index (κ3) is 6.28. The summed E-state index contributed by atoms with van der Waals surface area (Å²) in [5.41, 5.74) is 3.52. The number of hydrogen-bond acceptors (Lipinski definition) is 5. The first-order valence-electron chi connectivity index (χ1n) is 10.8. The maximum absolute atomic E-state index is 5.59. The molecular formula is C24H34N4O3. The Kier molecular flexibility index (Phi) is 8.41. The number of nitrogens with zero attached hydrogens (tertiary/aromatic N) is 2. The Hall–Kier alpha value is -2.93. The zero-order valence-electron chi connectivity index (χ0n) is 19.0. The summed E-state index contributed by atoms with van der Waals surface area (Å²) in [6.45, 7) is 5.90. The summed E-state index contributed by atoms with van der Waals surface area (Å²) in [5, 5.41) is 7.00. The van der Waals surface area contributed by atoms with Crippen molar-refractivity contribution in [2.24, 2.45) is 4.99 Å². The summed E-state index contributed by atoms with van der Waals surface area (Å²) in [4.78, 5) is 6.76. The Balaban J connectivity index is 1.57. The quantitative estimate of drug-likeness (QED) is 0.474. The van der Waals surface area contributed by atoms with Crippen LogP contribution in [0.25, 0.3) is 0 Å². The van der Waals surface area contributed by atoms with Gasteiger partial charge in [0.25, 0.3) is 0 Å². The van der Waals surface area contributed by atoms with Crippen LogP contribution in [-0.2, 0) is 17.9 Å². The van der Waals surface area contributed by atoms with Crippen molar-refractivity contribution in [1.29, 1.82) is 0 Å². The molecule has 0 aliphatic carbocycles. The maximum Gasteiger partial charge on any atom is 0.191 e. The number of rotatable bonds is 9. The first kappa shape index (κ1) is 22.7. The van der Waals surface area contributed by atoms with E-state index in [1.165, 1.54) is 11.1 Å². The van der Waals surface area contributed by atoms with Crippen LogP contribution in [0.3, 0.4) is 0 Å². The SMILES string of the molecule is CCOCc1ccccc1CNC(=NC)NC1CCN(c2cc(OC)cc(OC)c2)C1. The number of hydrogen-bond donors (Lipinski definition) is 2. The van der Waals surface area contributed by atoms with E-state index in [0.29, 0.717) is 25.8 Å². The molecule has 7 heteroatoms. The van der Waals surface area contributed by atoms with Gasteiger partial charge in [0.2, 0.25) is 0 Å². The lowest BCUT2D eigenvalue weighted by atomic mass is 10.1. The molecule has 1 aliphatic heterocycles. The van der Waals surface area contributed by atoms with Gasteiger partial charge in [0, 0.05) is 63.2 Å². The number of methoxy groups -OCH3 is 2. The standard InChI is InChI=1S/C24H34N4O3/c1-5-31-17-19-9-7-6-8-18(19)15-26-24(25-2)27-20-10-11-28(16-20)21-12-22(29-3)14-23(13-21)30-4/h6-9,12-14,20H,5,10-11,15-17H2,1-4H3,(H2,25,26,27). The second kappa shape index (κ2) is 11.5. The monoisotopic (exact) mass is 426 g/mol. The lowest BCUT2D eigenvalue weighted by Gasteiger charge is -2.21. The highest BCUT2D eigenvalue weighted by Gasteiger charge is 2.24. The van der Waals surface area contributed by atoms with E-state index < -0.39 is 0 Å². The van der Waals surface area contributed by atoms with Gasteiger partial charge in [-0.25, -0.2) is 0 Å². The van der Waals surface area contributed by atoms with Crippen LogP contribution in [-0.4, -0.2) is 53.0 Å². The largest absolute Gasteiger partial charge is 0.497 e. The van der Waals surface area contributed by atoms with Crippen LogP contribution in [0.2, 0.25) is 0 Å². The van der Waals surface area contributed by atoms with Crippen molar-refractivity contribution < 1.29 is 14.2 Å². The molecule has 7 nitrogen and oxygen atoms in total. The van der Waals surface area contributed by atoms with Gasteiger partial charge in [0.05, 0.1) is 20.8 Å². The first-order valence-corrected chi connectivity index (χ1v) is 10.8. The molecule has 0 aromatic heterocycles. The molecule has 1 atom stereocenters. The molecule has 2 aromatic rings. The van der Waals surface area contributed by atoms with E-state index in [4.69, 9.17) is 14.2 Å². The van der Waals surface area contributed by atoms with E-state index in [2.05, 4.69) is 38.7 Å². The summed E-state index contributed by atoms with van der Waals surface area (Å²) in [6, 6.07) is 14.6. The van der Waals surface area contributed by atoms with Crippen LogP contribution in [0, 0.1) is 0 Å². The van der Waals surface area contributed by atoms with Crippen molar-refractivity contribution in [1.82, 2.24) is 10.6 Å². The van der Waals surface area contributed by atoms with Gasteiger partial charge in [-0.3, -0.25) is 4.99 Å². The highest BCUT2D eigenvalue weighted by Crippen LogP contribution is 2.30. The highest BCUT2D eigenvalue weighted by atomic mass is 16.5. The minimum atomic E-state index is 0.307. The van der Waals surface area contributed by atoms with Gasteiger partial charge in [0.15, 0.2) is 5.96 Å². The van der Waals surface area contributed by atoms with Gasteiger partial charge < -0.3 is 29.7 Å². The van der Waals surface area contributed by atoms with Gasteiger partial charge in [0.1, 0.15) is 11.5 Å². The molecule has 1 unspecified atom stereocenters. The van der Waals surface area contributed by atoms with Gasteiger partial charge in [-0.15, -0.1) is 0 Å². The van der Waals surface area contributed by atoms with Crippen molar-refractivity contribution in [3.8, 4) is 11.5 Å². The Morgan fingerprint density at radius 2 is 1.81 bits per heavy atom. The summed E-state index contributed by atoms with van der Waals surface area (Å²) >= 11 is 0. The van der Waals surface area contributed by atoms with E-state index in [9.17, 15) is 0 Å². The minimum Gasteiger partial charge on any atom is -0.497 e. The van der Waals surface area contributed by atoms with Crippen LogP contribution in [0.5, 0.6) is 11.5 Å². The average Bonchev–Trinajstić information content (AvgIpc) is 3.29. The Morgan fingerprint density at radius 3 is 2.45 bits per heavy atom. The van der Waals surface area contributed by atoms with Crippen LogP contribution in [0.4, 0.5) is 5.69 Å². The number of aliphatic imine (C=N–C) groups is 1. The highest BCUT2D eigenvalue weighted by molar-refractivity contribution is 5.80. The summed E-state index contributed by atoms with van der Waals surface area (Å²) in [6.07, 6.45) is 1.03. The summed E-state index contributed by atoms with van der Waals surface area (Å²) < 4.78 is 16.4. The maximum atomic E-state index is 5.59. The van der Waals surface area contributed by atoms with E-state index in [1.807, 2.05) is 31.2 Å². The summed E-state index contributed by atoms with van der Waals surface area (Å²) in [5.74, 6) is 2.41. The zero-order valence-corrected chi connectivity index (χ0v) is 19.0. The summed E-state index contributed by atoms with van der Waals surface area (Å²) in [7, 11) is 5.16. The topological polar surface area (TPSA) is 67.4 Å². The fourth-order valence-corrected chi connectivity index (χ4v) is 3.74. The number of benzene rings is 2. The molecule has 1 fully saturated rings. The van der Waals surface area contributed by atoms with E-state index >= 15 is 0 Å². The fraction of sp³-hybridized carbons (Fsp3) is 0.458. The number of ether oxygens (including phenoxy) is 3. The fourth-order valence-electron chi connectivity index (χ4n) is 3.74. The molecule has 0 bridgehead atoms. The van der Waals surface area contributed by atoms with Crippen LogP contribution in [0.15, 0.2) is 47.5 Å². The van der Waals surface area contributed by atoms with Gasteiger partial charge in [-0.2, -0.15) is 0 Å². The van der Waals surface area contributed by atoms with Gasteiger partial charge in [-0.05, 0) is 24.5 Å². The normalized spacial score (nSPS) is 16.3.